The average Bonchev–Trinajstić information content (AvgIpc) is 2.89. The van der Waals surface area contributed by atoms with Crippen molar-refractivity contribution in [1.82, 2.24) is 0 Å². The van der Waals surface area contributed by atoms with Crippen LogP contribution < -0.4 is 10.5 Å². The Bertz CT molecular complexity index is 791. The zero-order valence-corrected chi connectivity index (χ0v) is 11.4. The molecule has 1 heterocycles. The smallest absolute Gasteiger partial charge is 0.416 e. The molecule has 0 aliphatic heterocycles. The van der Waals surface area contributed by atoms with Gasteiger partial charge >= 0.3 is 6.18 Å². The lowest BCUT2D eigenvalue weighted by atomic mass is 10.1. The van der Waals surface area contributed by atoms with Gasteiger partial charge in [0.1, 0.15) is 17.9 Å². The largest absolute Gasteiger partial charge is 0.489 e. The van der Waals surface area contributed by atoms with Crippen LogP contribution in [0.1, 0.15) is 11.1 Å². The minimum absolute atomic E-state index is 0.159. The third-order valence-corrected chi connectivity index (χ3v) is 3.28. The van der Waals surface area contributed by atoms with E-state index in [-0.39, 0.29) is 6.61 Å². The van der Waals surface area contributed by atoms with E-state index < -0.39 is 11.7 Å². The van der Waals surface area contributed by atoms with E-state index in [1.54, 1.807) is 18.2 Å². The number of furan rings is 1. The molecule has 0 saturated carbocycles. The number of nitrogens with two attached hydrogens (primary N) is 1. The molecule has 2 aromatic carbocycles. The molecule has 0 saturated heterocycles. The van der Waals surface area contributed by atoms with Crippen LogP contribution in [0, 0.1) is 0 Å². The number of ether oxygens (including phenoxy) is 1. The van der Waals surface area contributed by atoms with E-state index in [0.717, 1.165) is 23.1 Å². The lowest BCUT2D eigenvalue weighted by Gasteiger charge is -2.09. The van der Waals surface area contributed by atoms with E-state index in [0.29, 0.717) is 17.0 Å². The summed E-state index contributed by atoms with van der Waals surface area (Å²) in [6.45, 7) is 0.159. The van der Waals surface area contributed by atoms with Crippen LogP contribution in [0.5, 0.6) is 5.75 Å². The van der Waals surface area contributed by atoms with Crippen LogP contribution in [0.15, 0.2) is 53.1 Å². The van der Waals surface area contributed by atoms with E-state index in [1.807, 2.05) is 0 Å². The highest BCUT2D eigenvalue weighted by Gasteiger charge is 2.30. The molecule has 0 atom stereocenters. The third kappa shape index (κ3) is 2.72. The number of hydrogen-bond donors (Lipinski definition) is 1. The van der Waals surface area contributed by atoms with Crippen LogP contribution in [-0.2, 0) is 12.8 Å². The fourth-order valence-corrected chi connectivity index (χ4v) is 2.19. The SMILES string of the molecule is Nc1cccc2occ(COc3ccc(C(F)(F)F)cc3)c12. The zero-order valence-electron chi connectivity index (χ0n) is 11.4. The van der Waals surface area contributed by atoms with Crippen molar-refractivity contribution in [2.75, 3.05) is 5.73 Å². The van der Waals surface area contributed by atoms with Crippen molar-refractivity contribution in [3.05, 3.63) is 59.9 Å². The molecule has 3 nitrogen and oxygen atoms in total. The third-order valence-electron chi connectivity index (χ3n) is 3.28. The molecule has 0 fully saturated rings. The lowest BCUT2D eigenvalue weighted by molar-refractivity contribution is -0.137. The average molecular weight is 307 g/mol. The number of hydrogen-bond acceptors (Lipinski definition) is 3. The van der Waals surface area contributed by atoms with Crippen molar-refractivity contribution in [1.29, 1.82) is 0 Å². The van der Waals surface area contributed by atoms with Gasteiger partial charge in [-0.15, -0.1) is 0 Å². The molecule has 0 aliphatic rings. The van der Waals surface area contributed by atoms with E-state index in [1.165, 1.54) is 18.4 Å². The molecule has 0 radical (unpaired) electrons. The summed E-state index contributed by atoms with van der Waals surface area (Å²) in [4.78, 5) is 0. The fraction of sp³-hybridized carbons (Fsp3) is 0.125. The summed E-state index contributed by atoms with van der Waals surface area (Å²) < 4.78 is 48.3. The minimum Gasteiger partial charge on any atom is -0.489 e. The Morgan fingerprint density at radius 3 is 2.45 bits per heavy atom. The maximum Gasteiger partial charge on any atom is 0.416 e. The molecule has 3 aromatic rings. The number of fused-ring (bicyclic) bond motifs is 1. The molecule has 0 spiro atoms. The maximum absolute atomic E-state index is 12.5. The second kappa shape index (κ2) is 5.29. The van der Waals surface area contributed by atoms with Gasteiger partial charge in [0.15, 0.2) is 0 Å². The molecule has 6 heteroatoms. The molecular formula is C16H12F3NO2. The highest BCUT2D eigenvalue weighted by atomic mass is 19.4. The van der Waals surface area contributed by atoms with Crippen LogP contribution in [-0.4, -0.2) is 0 Å². The molecule has 3 rings (SSSR count). The van der Waals surface area contributed by atoms with Crippen LogP contribution in [0.4, 0.5) is 18.9 Å². The first-order valence-corrected chi connectivity index (χ1v) is 6.50. The van der Waals surface area contributed by atoms with Gasteiger partial charge in [0.05, 0.1) is 11.8 Å². The van der Waals surface area contributed by atoms with Crippen molar-refractivity contribution in [3.63, 3.8) is 0 Å². The van der Waals surface area contributed by atoms with Crippen molar-refractivity contribution in [2.24, 2.45) is 0 Å². The van der Waals surface area contributed by atoms with Crippen LogP contribution in [0.2, 0.25) is 0 Å². The Hall–Kier alpha value is -2.63. The minimum atomic E-state index is -4.35. The summed E-state index contributed by atoms with van der Waals surface area (Å²) in [6.07, 6.45) is -2.82. The fourth-order valence-electron chi connectivity index (χ4n) is 2.19. The van der Waals surface area contributed by atoms with Crippen molar-refractivity contribution in [2.45, 2.75) is 12.8 Å². The number of halogens is 3. The Labute approximate surface area is 124 Å². The van der Waals surface area contributed by atoms with Gasteiger partial charge in [0.2, 0.25) is 0 Å². The standard InChI is InChI=1S/C16H12F3NO2/c17-16(18,19)11-4-6-12(7-5-11)21-8-10-9-22-14-3-1-2-13(20)15(10)14/h1-7,9H,8,20H2. The second-order valence-electron chi connectivity index (χ2n) is 4.79. The summed E-state index contributed by atoms with van der Waals surface area (Å²) in [5, 5.41) is 0.759. The molecule has 2 N–H and O–H groups in total. The van der Waals surface area contributed by atoms with E-state index in [4.69, 9.17) is 14.9 Å². The summed E-state index contributed by atoms with van der Waals surface area (Å²) in [5.74, 6) is 0.344. The molecule has 114 valence electrons. The monoisotopic (exact) mass is 307 g/mol. The maximum atomic E-state index is 12.5. The summed E-state index contributed by atoms with van der Waals surface area (Å²) in [5.41, 5.74) is 7.14. The first kappa shape index (κ1) is 14.3. The number of anilines is 1. The van der Waals surface area contributed by atoms with E-state index in [2.05, 4.69) is 0 Å². The molecule has 1 aromatic heterocycles. The summed E-state index contributed by atoms with van der Waals surface area (Å²) in [6, 6.07) is 9.85. The topological polar surface area (TPSA) is 48.4 Å². The predicted molar refractivity (Wildman–Crippen MR) is 76.4 cm³/mol. The van der Waals surface area contributed by atoms with E-state index >= 15 is 0 Å². The van der Waals surface area contributed by atoms with Gasteiger partial charge in [-0.05, 0) is 36.4 Å². The van der Waals surface area contributed by atoms with Gasteiger partial charge in [-0.1, -0.05) is 6.07 Å². The van der Waals surface area contributed by atoms with Gasteiger partial charge in [-0.3, -0.25) is 0 Å². The van der Waals surface area contributed by atoms with Gasteiger partial charge in [0, 0.05) is 16.6 Å². The van der Waals surface area contributed by atoms with Crippen molar-refractivity contribution >= 4 is 16.7 Å². The number of benzene rings is 2. The lowest BCUT2D eigenvalue weighted by Crippen LogP contribution is -2.04. The Balaban J connectivity index is 1.77. The molecule has 0 unspecified atom stereocenters. The Kier molecular flexibility index (Phi) is 3.44. The number of nitrogen functional groups attached to an aromatic ring is 1. The quantitative estimate of drug-likeness (QED) is 0.719. The van der Waals surface area contributed by atoms with Crippen molar-refractivity contribution < 1.29 is 22.3 Å². The normalized spacial score (nSPS) is 11.8. The van der Waals surface area contributed by atoms with Crippen LogP contribution >= 0.6 is 0 Å². The summed E-state index contributed by atoms with van der Waals surface area (Å²) >= 11 is 0. The van der Waals surface area contributed by atoms with Gasteiger partial charge < -0.3 is 14.9 Å². The molecule has 0 bridgehead atoms. The molecular weight excluding hydrogens is 295 g/mol. The van der Waals surface area contributed by atoms with Crippen LogP contribution in [0.25, 0.3) is 11.0 Å². The van der Waals surface area contributed by atoms with Gasteiger partial charge in [0.25, 0.3) is 0 Å². The Morgan fingerprint density at radius 2 is 1.77 bits per heavy atom. The van der Waals surface area contributed by atoms with Crippen molar-refractivity contribution in [3.8, 4) is 5.75 Å². The summed E-state index contributed by atoms with van der Waals surface area (Å²) in [7, 11) is 0. The van der Waals surface area contributed by atoms with Crippen LogP contribution in [0.3, 0.4) is 0 Å². The first-order chi connectivity index (χ1) is 10.4. The second-order valence-corrected chi connectivity index (χ2v) is 4.79. The van der Waals surface area contributed by atoms with Gasteiger partial charge in [-0.25, -0.2) is 0 Å². The highest BCUT2D eigenvalue weighted by molar-refractivity contribution is 5.92. The van der Waals surface area contributed by atoms with E-state index in [9.17, 15) is 13.2 Å². The molecule has 0 amide bonds. The Morgan fingerprint density at radius 1 is 1.05 bits per heavy atom. The zero-order chi connectivity index (χ0) is 15.7. The number of alkyl halides is 3. The van der Waals surface area contributed by atoms with Gasteiger partial charge in [-0.2, -0.15) is 13.2 Å². The highest BCUT2D eigenvalue weighted by Crippen LogP contribution is 2.31. The molecule has 0 aliphatic carbocycles. The first-order valence-electron chi connectivity index (χ1n) is 6.50. The predicted octanol–water partition coefficient (Wildman–Crippen LogP) is 4.61. The molecule has 22 heavy (non-hydrogen) atoms. The number of rotatable bonds is 3.